The molecule has 0 bridgehead atoms. The Hall–Kier alpha value is -2.49. The van der Waals surface area contributed by atoms with Gasteiger partial charge in [0, 0.05) is 13.1 Å². The standard InChI is InChI=1S/C29H31Cl4N3O4S/c1-4-14-34-29(38)27(5-2)35(17-20-8-12-23(30)25(32)15-20)28(37)18-36(21-9-13-24(31)26(33)16-21)41(39,40)22-10-6-19(3)7-11-22/h6-13,15-16,27H,4-5,14,17-18H2,1-3H3,(H,34,38)/t27-/m1/s1. The van der Waals surface area contributed by atoms with Crippen molar-refractivity contribution in [2.24, 2.45) is 0 Å². The third-order valence-electron chi connectivity index (χ3n) is 6.35. The van der Waals surface area contributed by atoms with E-state index in [2.05, 4.69) is 5.32 Å². The lowest BCUT2D eigenvalue weighted by Crippen LogP contribution is -2.52. The Morgan fingerprint density at radius 1 is 0.854 bits per heavy atom. The van der Waals surface area contributed by atoms with Crippen molar-refractivity contribution in [3.8, 4) is 0 Å². The summed E-state index contributed by atoms with van der Waals surface area (Å²) in [5, 5.41) is 3.83. The van der Waals surface area contributed by atoms with Crippen LogP contribution in [-0.2, 0) is 26.2 Å². The first-order valence-electron chi connectivity index (χ1n) is 12.9. The molecule has 0 aliphatic carbocycles. The second-order valence-corrected chi connectivity index (χ2v) is 12.9. The molecule has 3 aromatic carbocycles. The zero-order valence-corrected chi connectivity index (χ0v) is 26.7. The van der Waals surface area contributed by atoms with E-state index in [4.69, 9.17) is 46.4 Å². The summed E-state index contributed by atoms with van der Waals surface area (Å²) >= 11 is 24.7. The van der Waals surface area contributed by atoms with E-state index in [0.29, 0.717) is 35.0 Å². The van der Waals surface area contributed by atoms with Crippen molar-refractivity contribution >= 4 is 73.9 Å². The molecule has 0 aliphatic heterocycles. The minimum atomic E-state index is -4.24. The third-order valence-corrected chi connectivity index (χ3v) is 9.62. The number of anilines is 1. The zero-order valence-electron chi connectivity index (χ0n) is 22.8. The Kier molecular flexibility index (Phi) is 11.8. The monoisotopic (exact) mass is 657 g/mol. The van der Waals surface area contributed by atoms with Gasteiger partial charge >= 0.3 is 0 Å². The van der Waals surface area contributed by atoms with Crippen molar-refractivity contribution < 1.29 is 18.0 Å². The number of nitrogens with zero attached hydrogens (tertiary/aromatic N) is 2. The number of benzene rings is 3. The van der Waals surface area contributed by atoms with Gasteiger partial charge < -0.3 is 10.2 Å². The van der Waals surface area contributed by atoms with Crippen LogP contribution in [0.1, 0.15) is 37.8 Å². The lowest BCUT2D eigenvalue weighted by molar-refractivity contribution is -0.140. The minimum absolute atomic E-state index is 0.00638. The summed E-state index contributed by atoms with van der Waals surface area (Å²) in [6, 6.07) is 14.6. The summed E-state index contributed by atoms with van der Waals surface area (Å²) in [4.78, 5) is 28.6. The van der Waals surface area contributed by atoms with E-state index in [9.17, 15) is 18.0 Å². The van der Waals surface area contributed by atoms with Crippen molar-refractivity contribution in [2.45, 2.75) is 51.1 Å². The number of hydrogen-bond acceptors (Lipinski definition) is 4. The van der Waals surface area contributed by atoms with Crippen molar-refractivity contribution in [3.05, 3.63) is 91.9 Å². The first kappa shape index (κ1) is 33.0. The number of nitrogens with one attached hydrogen (secondary N) is 1. The van der Waals surface area contributed by atoms with E-state index in [-0.39, 0.29) is 33.1 Å². The summed E-state index contributed by atoms with van der Waals surface area (Å²) in [6.07, 6.45) is 1.00. The fraction of sp³-hybridized carbons (Fsp3) is 0.310. The van der Waals surface area contributed by atoms with Gasteiger partial charge in [0.05, 0.1) is 30.7 Å². The van der Waals surface area contributed by atoms with Crippen LogP contribution in [-0.4, -0.2) is 44.3 Å². The molecular weight excluding hydrogens is 628 g/mol. The molecule has 220 valence electrons. The summed E-state index contributed by atoms with van der Waals surface area (Å²) in [6.45, 7) is 5.37. The minimum Gasteiger partial charge on any atom is -0.354 e. The van der Waals surface area contributed by atoms with E-state index < -0.39 is 28.5 Å². The quantitative estimate of drug-likeness (QED) is 0.224. The van der Waals surface area contributed by atoms with Gasteiger partial charge in [-0.15, -0.1) is 0 Å². The van der Waals surface area contributed by atoms with Gasteiger partial charge in [0.2, 0.25) is 11.8 Å². The molecule has 3 aromatic rings. The predicted octanol–water partition coefficient (Wildman–Crippen LogP) is 7.14. The molecule has 0 spiro atoms. The van der Waals surface area contributed by atoms with Gasteiger partial charge in [0.15, 0.2) is 0 Å². The van der Waals surface area contributed by atoms with E-state index in [1.165, 1.54) is 35.2 Å². The zero-order chi connectivity index (χ0) is 30.3. The van der Waals surface area contributed by atoms with Gasteiger partial charge in [-0.25, -0.2) is 8.42 Å². The van der Waals surface area contributed by atoms with Crippen LogP contribution < -0.4 is 9.62 Å². The van der Waals surface area contributed by atoms with E-state index in [0.717, 1.165) is 9.87 Å². The van der Waals surface area contributed by atoms with Crippen molar-refractivity contribution in [1.82, 2.24) is 10.2 Å². The summed E-state index contributed by atoms with van der Waals surface area (Å²) in [5.41, 5.74) is 1.64. The molecule has 41 heavy (non-hydrogen) atoms. The number of carbonyl (C=O) groups excluding carboxylic acids is 2. The molecule has 0 saturated carbocycles. The van der Waals surface area contributed by atoms with Crippen molar-refractivity contribution in [2.75, 3.05) is 17.4 Å². The number of carbonyl (C=O) groups is 2. The molecule has 12 heteroatoms. The van der Waals surface area contributed by atoms with Crippen LogP contribution in [0.15, 0.2) is 65.6 Å². The van der Waals surface area contributed by atoms with Crippen LogP contribution in [0.4, 0.5) is 5.69 Å². The molecule has 7 nitrogen and oxygen atoms in total. The Bertz CT molecular complexity index is 1500. The molecule has 3 rings (SSSR count). The van der Waals surface area contributed by atoms with Gasteiger partial charge in [-0.1, -0.05) is 84.0 Å². The highest BCUT2D eigenvalue weighted by Gasteiger charge is 2.34. The second-order valence-electron chi connectivity index (χ2n) is 9.41. The molecule has 0 fully saturated rings. The fourth-order valence-corrected chi connectivity index (χ4v) is 6.15. The van der Waals surface area contributed by atoms with Gasteiger partial charge in [0.1, 0.15) is 12.6 Å². The lowest BCUT2D eigenvalue weighted by atomic mass is 10.1. The molecule has 0 unspecified atom stereocenters. The molecule has 0 aromatic heterocycles. The Balaban J connectivity index is 2.09. The average Bonchev–Trinajstić information content (AvgIpc) is 2.94. The smallest absolute Gasteiger partial charge is 0.264 e. The van der Waals surface area contributed by atoms with Gasteiger partial charge in [0.25, 0.3) is 10.0 Å². The first-order chi connectivity index (χ1) is 19.4. The lowest BCUT2D eigenvalue weighted by Gasteiger charge is -2.33. The maximum atomic E-state index is 14.1. The maximum Gasteiger partial charge on any atom is 0.264 e. The highest BCUT2D eigenvalue weighted by atomic mass is 35.5. The number of sulfonamides is 1. The summed E-state index contributed by atoms with van der Waals surface area (Å²) in [7, 11) is -4.24. The highest BCUT2D eigenvalue weighted by molar-refractivity contribution is 7.92. The van der Waals surface area contributed by atoms with E-state index in [1.54, 1.807) is 37.3 Å². The van der Waals surface area contributed by atoms with Crippen LogP contribution in [0, 0.1) is 6.92 Å². The fourth-order valence-electron chi connectivity index (χ4n) is 4.13. The molecular formula is C29H31Cl4N3O4S. The van der Waals surface area contributed by atoms with Crippen LogP contribution in [0.3, 0.4) is 0 Å². The van der Waals surface area contributed by atoms with Gasteiger partial charge in [-0.2, -0.15) is 0 Å². The van der Waals surface area contributed by atoms with Crippen molar-refractivity contribution in [3.63, 3.8) is 0 Å². The predicted molar refractivity (Wildman–Crippen MR) is 167 cm³/mol. The van der Waals surface area contributed by atoms with E-state index >= 15 is 0 Å². The second kappa shape index (κ2) is 14.6. The normalized spacial score (nSPS) is 12.1. The Morgan fingerprint density at radius 3 is 2.02 bits per heavy atom. The van der Waals surface area contributed by atoms with Crippen LogP contribution in [0.2, 0.25) is 20.1 Å². The number of amides is 2. The highest BCUT2D eigenvalue weighted by Crippen LogP contribution is 2.31. The molecule has 0 saturated heterocycles. The van der Waals surface area contributed by atoms with E-state index in [1.807, 2.05) is 13.8 Å². The Labute approximate surface area is 261 Å². The third kappa shape index (κ3) is 8.30. The largest absolute Gasteiger partial charge is 0.354 e. The van der Waals surface area contributed by atoms with Crippen LogP contribution in [0.5, 0.6) is 0 Å². The van der Waals surface area contributed by atoms with Gasteiger partial charge in [-0.05, 0) is 67.8 Å². The molecule has 1 atom stereocenters. The Morgan fingerprint density at radius 2 is 1.46 bits per heavy atom. The topological polar surface area (TPSA) is 86.8 Å². The van der Waals surface area contributed by atoms with Crippen LogP contribution in [0.25, 0.3) is 0 Å². The average molecular weight is 659 g/mol. The number of aryl methyl sites for hydroxylation is 1. The van der Waals surface area contributed by atoms with Crippen molar-refractivity contribution in [1.29, 1.82) is 0 Å². The first-order valence-corrected chi connectivity index (χ1v) is 15.9. The van der Waals surface area contributed by atoms with Gasteiger partial charge in [-0.3, -0.25) is 13.9 Å². The maximum absolute atomic E-state index is 14.1. The number of rotatable bonds is 12. The summed E-state index contributed by atoms with van der Waals surface area (Å²) < 4.78 is 28.8. The molecule has 2 amide bonds. The molecule has 1 N–H and O–H groups in total. The molecule has 0 aliphatic rings. The molecule has 0 radical (unpaired) electrons. The molecule has 0 heterocycles. The van der Waals surface area contributed by atoms with Crippen LogP contribution >= 0.6 is 46.4 Å². The SMILES string of the molecule is CCCNC(=O)[C@@H](CC)N(Cc1ccc(Cl)c(Cl)c1)C(=O)CN(c1ccc(Cl)c(Cl)c1)S(=O)(=O)c1ccc(C)cc1. The number of hydrogen-bond donors (Lipinski definition) is 1. The summed E-state index contributed by atoms with van der Waals surface area (Å²) in [5.74, 6) is -0.943. The number of halogens is 4.